The minimum absolute atomic E-state index is 0.213. The number of aliphatic hydroxyl groups is 1. The van der Waals surface area contributed by atoms with Gasteiger partial charge >= 0.3 is 5.97 Å². The van der Waals surface area contributed by atoms with Gasteiger partial charge in [-0.05, 0) is 25.8 Å². The molecule has 15 heavy (non-hydrogen) atoms. The van der Waals surface area contributed by atoms with Crippen LogP contribution in [0, 0.1) is 0 Å². The number of carbonyl (C=O) groups is 1. The summed E-state index contributed by atoms with van der Waals surface area (Å²) in [6.07, 6.45) is 3.11. The smallest absolute Gasteiger partial charge is 0.319 e. The van der Waals surface area contributed by atoms with Gasteiger partial charge in [-0.1, -0.05) is 20.3 Å². The summed E-state index contributed by atoms with van der Waals surface area (Å²) < 4.78 is 4.95. The Morgan fingerprint density at radius 2 is 2.20 bits per heavy atom. The van der Waals surface area contributed by atoms with Crippen LogP contribution in [0.25, 0.3) is 0 Å². The molecule has 0 saturated heterocycles. The number of ether oxygens (including phenoxy) is 1. The Morgan fingerprint density at radius 1 is 1.47 bits per heavy atom. The average molecular weight is 217 g/mol. The normalized spacial score (nSPS) is 12.5. The summed E-state index contributed by atoms with van der Waals surface area (Å²) in [7, 11) is 0. The van der Waals surface area contributed by atoms with Crippen LogP contribution in [0.4, 0.5) is 0 Å². The van der Waals surface area contributed by atoms with Crippen LogP contribution in [0.1, 0.15) is 39.5 Å². The molecule has 4 nitrogen and oxygen atoms in total. The molecule has 90 valence electrons. The van der Waals surface area contributed by atoms with E-state index in [1.54, 1.807) is 0 Å². The van der Waals surface area contributed by atoms with Crippen LogP contribution in [0.5, 0.6) is 0 Å². The van der Waals surface area contributed by atoms with Crippen molar-refractivity contribution in [2.45, 2.75) is 45.6 Å². The molecule has 0 spiro atoms. The van der Waals surface area contributed by atoms with Gasteiger partial charge in [-0.25, -0.2) is 0 Å². The van der Waals surface area contributed by atoms with Crippen LogP contribution >= 0.6 is 0 Å². The van der Waals surface area contributed by atoms with Gasteiger partial charge in [0.2, 0.25) is 0 Å². The number of rotatable bonds is 9. The van der Waals surface area contributed by atoms with Crippen molar-refractivity contribution in [3.63, 3.8) is 0 Å². The molecule has 4 heteroatoms. The second kappa shape index (κ2) is 9.93. The molecule has 0 aliphatic heterocycles. The van der Waals surface area contributed by atoms with Crippen molar-refractivity contribution in [3.8, 4) is 0 Å². The molecule has 0 aliphatic rings. The molecule has 0 aliphatic carbocycles. The fourth-order valence-corrected chi connectivity index (χ4v) is 1.04. The topological polar surface area (TPSA) is 58.6 Å². The van der Waals surface area contributed by atoms with E-state index < -0.39 is 0 Å². The van der Waals surface area contributed by atoms with Crippen molar-refractivity contribution in [1.29, 1.82) is 0 Å². The highest BCUT2D eigenvalue weighted by Crippen LogP contribution is 1.94. The van der Waals surface area contributed by atoms with Gasteiger partial charge in [0.25, 0.3) is 0 Å². The van der Waals surface area contributed by atoms with Gasteiger partial charge in [0.15, 0.2) is 0 Å². The Labute approximate surface area is 92.0 Å². The number of nitrogens with one attached hydrogen (secondary N) is 1. The van der Waals surface area contributed by atoms with Crippen LogP contribution in [0.2, 0.25) is 0 Å². The van der Waals surface area contributed by atoms with E-state index in [9.17, 15) is 9.90 Å². The molecule has 2 N–H and O–H groups in total. The molecule has 0 aromatic heterocycles. The highest BCUT2D eigenvalue weighted by Gasteiger charge is 2.03. The fourth-order valence-electron chi connectivity index (χ4n) is 1.04. The second-order valence-electron chi connectivity index (χ2n) is 3.60. The van der Waals surface area contributed by atoms with Crippen LogP contribution in [0.3, 0.4) is 0 Å². The maximum atomic E-state index is 11.1. The van der Waals surface area contributed by atoms with E-state index in [2.05, 4.69) is 12.2 Å². The molecule has 1 atom stereocenters. The van der Waals surface area contributed by atoms with E-state index >= 15 is 0 Å². The van der Waals surface area contributed by atoms with E-state index in [0.717, 1.165) is 19.3 Å². The summed E-state index contributed by atoms with van der Waals surface area (Å²) in [4.78, 5) is 11.1. The standard InChI is InChI=1S/C11H23NO3/c1-3-5-8-15-11(14)9-12-7-6-10(13)4-2/h10,12-13H,3-9H2,1-2H3. The third-order valence-electron chi connectivity index (χ3n) is 2.16. The van der Waals surface area contributed by atoms with E-state index in [1.807, 2.05) is 6.92 Å². The first-order chi connectivity index (χ1) is 7.20. The summed E-state index contributed by atoms with van der Waals surface area (Å²) in [5.41, 5.74) is 0. The Balaban J connectivity index is 3.23. The predicted octanol–water partition coefficient (Wildman–Crippen LogP) is 1.08. The molecular weight excluding hydrogens is 194 g/mol. The molecule has 0 heterocycles. The zero-order valence-electron chi connectivity index (χ0n) is 9.79. The molecule has 0 fully saturated rings. The Bertz CT molecular complexity index is 162. The van der Waals surface area contributed by atoms with Crippen LogP contribution in [0.15, 0.2) is 0 Å². The molecule has 0 saturated carbocycles. The Morgan fingerprint density at radius 3 is 2.80 bits per heavy atom. The second-order valence-corrected chi connectivity index (χ2v) is 3.60. The molecule has 0 radical (unpaired) electrons. The van der Waals surface area contributed by atoms with Crippen molar-refractivity contribution in [1.82, 2.24) is 5.32 Å². The lowest BCUT2D eigenvalue weighted by Gasteiger charge is -2.08. The van der Waals surface area contributed by atoms with Crippen LogP contribution in [-0.4, -0.2) is 36.9 Å². The summed E-state index contributed by atoms with van der Waals surface area (Å²) in [6.45, 7) is 5.38. The highest BCUT2D eigenvalue weighted by atomic mass is 16.5. The number of hydrogen-bond acceptors (Lipinski definition) is 4. The van der Waals surface area contributed by atoms with E-state index in [0.29, 0.717) is 19.6 Å². The maximum absolute atomic E-state index is 11.1. The van der Waals surface area contributed by atoms with Gasteiger partial charge in [0, 0.05) is 0 Å². The van der Waals surface area contributed by atoms with Crippen molar-refractivity contribution in [3.05, 3.63) is 0 Å². The van der Waals surface area contributed by atoms with Crippen molar-refractivity contribution in [2.24, 2.45) is 0 Å². The molecule has 0 bridgehead atoms. The molecule has 0 rings (SSSR count). The van der Waals surface area contributed by atoms with Crippen LogP contribution < -0.4 is 5.32 Å². The lowest BCUT2D eigenvalue weighted by Crippen LogP contribution is -2.27. The fraction of sp³-hybridized carbons (Fsp3) is 0.909. The first-order valence-electron chi connectivity index (χ1n) is 5.75. The zero-order chi connectivity index (χ0) is 11.5. The van der Waals surface area contributed by atoms with Crippen LogP contribution in [-0.2, 0) is 9.53 Å². The minimum atomic E-state index is -0.270. The predicted molar refractivity (Wildman–Crippen MR) is 59.7 cm³/mol. The molecule has 0 amide bonds. The van der Waals surface area contributed by atoms with E-state index in [-0.39, 0.29) is 18.6 Å². The number of esters is 1. The maximum Gasteiger partial charge on any atom is 0.319 e. The van der Waals surface area contributed by atoms with E-state index in [1.165, 1.54) is 0 Å². The zero-order valence-corrected chi connectivity index (χ0v) is 9.79. The summed E-state index contributed by atoms with van der Waals surface area (Å²) >= 11 is 0. The number of carbonyl (C=O) groups excluding carboxylic acids is 1. The third kappa shape index (κ3) is 9.69. The van der Waals surface area contributed by atoms with Gasteiger partial charge in [-0.2, -0.15) is 0 Å². The quantitative estimate of drug-likeness (QED) is 0.448. The third-order valence-corrected chi connectivity index (χ3v) is 2.16. The first-order valence-corrected chi connectivity index (χ1v) is 5.75. The summed E-state index contributed by atoms with van der Waals surface area (Å²) in [5, 5.41) is 12.2. The summed E-state index contributed by atoms with van der Waals surface area (Å²) in [5.74, 6) is -0.213. The largest absolute Gasteiger partial charge is 0.465 e. The van der Waals surface area contributed by atoms with Gasteiger partial charge in [0.1, 0.15) is 0 Å². The van der Waals surface area contributed by atoms with Gasteiger partial charge < -0.3 is 15.2 Å². The Hall–Kier alpha value is -0.610. The average Bonchev–Trinajstić information content (AvgIpc) is 2.24. The SMILES string of the molecule is CCCCOC(=O)CNCCC(O)CC. The monoisotopic (exact) mass is 217 g/mol. The van der Waals surface area contributed by atoms with Gasteiger partial charge in [-0.15, -0.1) is 0 Å². The van der Waals surface area contributed by atoms with Gasteiger partial charge in [-0.3, -0.25) is 4.79 Å². The number of aliphatic hydroxyl groups excluding tert-OH is 1. The van der Waals surface area contributed by atoms with Crippen molar-refractivity contribution in [2.75, 3.05) is 19.7 Å². The van der Waals surface area contributed by atoms with Gasteiger partial charge in [0.05, 0.1) is 19.3 Å². The minimum Gasteiger partial charge on any atom is -0.465 e. The first kappa shape index (κ1) is 14.4. The lowest BCUT2D eigenvalue weighted by atomic mass is 10.2. The van der Waals surface area contributed by atoms with E-state index in [4.69, 9.17) is 4.74 Å². The highest BCUT2D eigenvalue weighted by molar-refractivity contribution is 5.71. The molecular formula is C11H23NO3. The number of unbranched alkanes of at least 4 members (excludes halogenated alkanes) is 1. The number of hydrogen-bond donors (Lipinski definition) is 2. The lowest BCUT2D eigenvalue weighted by molar-refractivity contribution is -0.142. The molecule has 0 aromatic rings. The Kier molecular flexibility index (Phi) is 9.52. The summed E-state index contributed by atoms with van der Waals surface area (Å²) in [6, 6.07) is 0. The molecule has 0 aromatic carbocycles. The van der Waals surface area contributed by atoms with Crippen molar-refractivity contribution >= 4 is 5.97 Å². The van der Waals surface area contributed by atoms with Crippen molar-refractivity contribution < 1.29 is 14.6 Å². The molecule has 1 unspecified atom stereocenters.